The first-order valence-corrected chi connectivity index (χ1v) is 4.94. The van der Waals surface area contributed by atoms with Gasteiger partial charge in [-0.05, 0) is 19.1 Å². The molecular weight excluding hydrogens is 208 g/mol. The Morgan fingerprint density at radius 1 is 1.62 bits per heavy atom. The topological polar surface area (TPSA) is 84.6 Å². The minimum Gasteiger partial charge on any atom is -0.495 e. The fraction of sp³-hybridized carbons (Fsp3) is 0.364. The molecule has 1 aromatic rings. The first-order chi connectivity index (χ1) is 7.60. The summed E-state index contributed by atoms with van der Waals surface area (Å²) in [5.74, 6) is 0.141. The fourth-order valence-corrected chi connectivity index (χ4v) is 1.27. The van der Waals surface area contributed by atoms with E-state index in [1.54, 1.807) is 25.1 Å². The Morgan fingerprint density at radius 3 is 2.88 bits per heavy atom. The second-order valence-corrected chi connectivity index (χ2v) is 3.48. The molecule has 0 unspecified atom stereocenters. The lowest BCUT2D eigenvalue weighted by Crippen LogP contribution is -2.35. The van der Waals surface area contributed by atoms with Gasteiger partial charge in [0.05, 0.1) is 25.0 Å². The first kappa shape index (κ1) is 12.3. The SMILES string of the molecule is COc1cccc(C(=O)N[C@H](C)CO)c1N. The van der Waals surface area contributed by atoms with Gasteiger partial charge >= 0.3 is 0 Å². The molecular formula is C11H16N2O3. The van der Waals surface area contributed by atoms with Gasteiger partial charge in [-0.1, -0.05) is 6.07 Å². The number of aliphatic hydroxyl groups is 1. The van der Waals surface area contributed by atoms with Crippen molar-refractivity contribution in [2.24, 2.45) is 0 Å². The molecule has 0 heterocycles. The summed E-state index contributed by atoms with van der Waals surface area (Å²) >= 11 is 0. The lowest BCUT2D eigenvalue weighted by molar-refractivity contribution is 0.0923. The van der Waals surface area contributed by atoms with E-state index in [-0.39, 0.29) is 18.6 Å². The molecule has 0 fully saturated rings. The summed E-state index contributed by atoms with van der Waals surface area (Å²) in [6.07, 6.45) is 0. The number of amides is 1. The van der Waals surface area contributed by atoms with Gasteiger partial charge in [0, 0.05) is 6.04 Å². The molecule has 5 nitrogen and oxygen atoms in total. The van der Waals surface area contributed by atoms with E-state index < -0.39 is 0 Å². The summed E-state index contributed by atoms with van der Waals surface area (Å²) in [4.78, 5) is 11.7. The second-order valence-electron chi connectivity index (χ2n) is 3.48. The smallest absolute Gasteiger partial charge is 0.253 e. The van der Waals surface area contributed by atoms with Crippen molar-refractivity contribution < 1.29 is 14.6 Å². The van der Waals surface area contributed by atoms with Crippen molar-refractivity contribution >= 4 is 11.6 Å². The highest BCUT2D eigenvalue weighted by Crippen LogP contribution is 2.24. The quantitative estimate of drug-likeness (QED) is 0.646. The third-order valence-corrected chi connectivity index (χ3v) is 2.18. The second kappa shape index (κ2) is 5.37. The number of carbonyl (C=O) groups is 1. The van der Waals surface area contributed by atoms with Crippen molar-refractivity contribution in [3.63, 3.8) is 0 Å². The van der Waals surface area contributed by atoms with Gasteiger partial charge in [-0.2, -0.15) is 0 Å². The number of methoxy groups -OCH3 is 1. The maximum absolute atomic E-state index is 11.7. The third-order valence-electron chi connectivity index (χ3n) is 2.18. The van der Waals surface area contributed by atoms with Crippen LogP contribution in [0, 0.1) is 0 Å². The van der Waals surface area contributed by atoms with Crippen LogP contribution in [0.1, 0.15) is 17.3 Å². The normalized spacial score (nSPS) is 11.9. The molecule has 1 atom stereocenters. The summed E-state index contributed by atoms with van der Waals surface area (Å²) < 4.78 is 5.01. The number of benzene rings is 1. The Balaban J connectivity index is 2.91. The Labute approximate surface area is 94.2 Å². The van der Waals surface area contributed by atoms with Gasteiger partial charge in [-0.15, -0.1) is 0 Å². The molecule has 0 saturated carbocycles. The van der Waals surface area contributed by atoms with Gasteiger partial charge < -0.3 is 20.9 Å². The average molecular weight is 224 g/mol. The predicted molar refractivity (Wildman–Crippen MR) is 61.4 cm³/mol. The number of hydrogen-bond acceptors (Lipinski definition) is 4. The maximum atomic E-state index is 11.7. The Kier molecular flexibility index (Phi) is 4.13. The van der Waals surface area contributed by atoms with E-state index in [1.165, 1.54) is 7.11 Å². The molecule has 0 bridgehead atoms. The highest BCUT2D eigenvalue weighted by Gasteiger charge is 2.14. The number of nitrogen functional groups attached to an aromatic ring is 1. The standard InChI is InChI=1S/C11H16N2O3/c1-7(6-14)13-11(15)8-4-3-5-9(16-2)10(8)12/h3-5,7,14H,6,12H2,1-2H3,(H,13,15)/t7-/m1/s1. The predicted octanol–water partition coefficient (Wildman–Crippen LogP) is 0.388. The van der Waals surface area contributed by atoms with E-state index in [9.17, 15) is 4.79 Å². The van der Waals surface area contributed by atoms with E-state index in [0.29, 0.717) is 17.0 Å². The minimum absolute atomic E-state index is 0.115. The molecule has 88 valence electrons. The van der Waals surface area contributed by atoms with Crippen molar-refractivity contribution in [1.82, 2.24) is 5.32 Å². The molecule has 0 aromatic heterocycles. The largest absolute Gasteiger partial charge is 0.495 e. The molecule has 0 spiro atoms. The number of rotatable bonds is 4. The van der Waals surface area contributed by atoms with Gasteiger partial charge in [0.2, 0.25) is 0 Å². The molecule has 1 amide bonds. The number of hydrogen-bond donors (Lipinski definition) is 3. The molecule has 1 rings (SSSR count). The van der Waals surface area contributed by atoms with E-state index in [0.717, 1.165) is 0 Å². The van der Waals surface area contributed by atoms with Crippen LogP contribution in [0.15, 0.2) is 18.2 Å². The van der Waals surface area contributed by atoms with Crippen LogP contribution in [0.4, 0.5) is 5.69 Å². The van der Waals surface area contributed by atoms with Crippen molar-refractivity contribution in [2.45, 2.75) is 13.0 Å². The fourth-order valence-electron chi connectivity index (χ4n) is 1.27. The zero-order valence-corrected chi connectivity index (χ0v) is 9.36. The van der Waals surface area contributed by atoms with Crippen molar-refractivity contribution in [3.8, 4) is 5.75 Å². The maximum Gasteiger partial charge on any atom is 0.253 e. The number of para-hydroxylation sites is 1. The molecule has 0 radical (unpaired) electrons. The van der Waals surface area contributed by atoms with Crippen LogP contribution in [0.3, 0.4) is 0 Å². The van der Waals surface area contributed by atoms with Crippen LogP contribution < -0.4 is 15.8 Å². The summed E-state index contributed by atoms with van der Waals surface area (Å²) in [6.45, 7) is 1.59. The molecule has 0 aliphatic carbocycles. The van der Waals surface area contributed by atoms with Crippen LogP contribution in [-0.4, -0.2) is 30.8 Å². The van der Waals surface area contributed by atoms with E-state index in [4.69, 9.17) is 15.6 Å². The number of nitrogens with two attached hydrogens (primary N) is 1. The Hall–Kier alpha value is -1.75. The Morgan fingerprint density at radius 2 is 2.31 bits per heavy atom. The molecule has 0 aliphatic heterocycles. The zero-order valence-electron chi connectivity index (χ0n) is 9.36. The highest BCUT2D eigenvalue weighted by atomic mass is 16.5. The van der Waals surface area contributed by atoms with Crippen molar-refractivity contribution in [1.29, 1.82) is 0 Å². The average Bonchev–Trinajstić information content (AvgIpc) is 2.29. The number of carbonyl (C=O) groups excluding carboxylic acids is 1. The molecule has 4 N–H and O–H groups in total. The van der Waals surface area contributed by atoms with Gasteiger partial charge in [-0.3, -0.25) is 4.79 Å². The summed E-state index contributed by atoms with van der Waals surface area (Å²) in [7, 11) is 1.49. The van der Waals surface area contributed by atoms with Crippen molar-refractivity contribution in [2.75, 3.05) is 19.5 Å². The number of anilines is 1. The Bertz CT molecular complexity index is 379. The van der Waals surface area contributed by atoms with Gasteiger partial charge in [0.1, 0.15) is 5.75 Å². The van der Waals surface area contributed by atoms with Crippen LogP contribution in [0.5, 0.6) is 5.75 Å². The van der Waals surface area contributed by atoms with Crippen LogP contribution in [0.25, 0.3) is 0 Å². The number of aliphatic hydroxyl groups excluding tert-OH is 1. The summed E-state index contributed by atoms with van der Waals surface area (Å²) in [5, 5.41) is 11.4. The van der Waals surface area contributed by atoms with Crippen LogP contribution in [0.2, 0.25) is 0 Å². The van der Waals surface area contributed by atoms with Crippen LogP contribution >= 0.6 is 0 Å². The lowest BCUT2D eigenvalue weighted by atomic mass is 10.1. The molecule has 16 heavy (non-hydrogen) atoms. The minimum atomic E-state index is -0.321. The molecule has 5 heteroatoms. The molecule has 0 saturated heterocycles. The van der Waals surface area contributed by atoms with Gasteiger partial charge in [-0.25, -0.2) is 0 Å². The summed E-state index contributed by atoms with van der Waals surface area (Å²) in [5.41, 5.74) is 6.41. The van der Waals surface area contributed by atoms with Crippen LogP contribution in [-0.2, 0) is 0 Å². The highest BCUT2D eigenvalue weighted by molar-refractivity contribution is 6.00. The zero-order chi connectivity index (χ0) is 12.1. The number of nitrogens with one attached hydrogen (secondary N) is 1. The first-order valence-electron chi connectivity index (χ1n) is 4.94. The van der Waals surface area contributed by atoms with E-state index in [1.807, 2.05) is 0 Å². The van der Waals surface area contributed by atoms with E-state index >= 15 is 0 Å². The number of ether oxygens (including phenoxy) is 1. The monoisotopic (exact) mass is 224 g/mol. The molecule has 0 aliphatic rings. The lowest BCUT2D eigenvalue weighted by Gasteiger charge is -2.13. The summed E-state index contributed by atoms with van der Waals surface area (Å²) in [6, 6.07) is 4.67. The van der Waals surface area contributed by atoms with Crippen molar-refractivity contribution in [3.05, 3.63) is 23.8 Å². The molecule has 1 aromatic carbocycles. The van der Waals surface area contributed by atoms with Gasteiger partial charge in [0.25, 0.3) is 5.91 Å². The third kappa shape index (κ3) is 2.64. The van der Waals surface area contributed by atoms with Gasteiger partial charge in [0.15, 0.2) is 0 Å². The van der Waals surface area contributed by atoms with E-state index in [2.05, 4.69) is 5.32 Å².